The molecule has 0 aliphatic rings. The van der Waals surface area contributed by atoms with Crippen LogP contribution in [0.1, 0.15) is 78.1 Å². The molecule has 0 amide bonds. The summed E-state index contributed by atoms with van der Waals surface area (Å²) in [5.74, 6) is -0.898. The quantitative estimate of drug-likeness (QED) is 0.507. The number of nitrogens with two attached hydrogens (primary N) is 1. The van der Waals surface area contributed by atoms with Gasteiger partial charge in [-0.25, -0.2) is 0 Å². The lowest BCUT2D eigenvalue weighted by Gasteiger charge is -2.14. The van der Waals surface area contributed by atoms with Gasteiger partial charge < -0.3 is 10.8 Å². The van der Waals surface area contributed by atoms with E-state index < -0.39 is 12.0 Å². The molecule has 0 bridgehead atoms. The summed E-state index contributed by atoms with van der Waals surface area (Å²) in [6, 6.07) is -0.860. The van der Waals surface area contributed by atoms with Crippen LogP contribution in [0.25, 0.3) is 0 Å². The van der Waals surface area contributed by atoms with Gasteiger partial charge >= 0.3 is 5.97 Å². The molecule has 0 saturated heterocycles. The minimum absolute atomic E-state index is 0.148. The van der Waals surface area contributed by atoms with Gasteiger partial charge in [-0.3, -0.25) is 9.59 Å². The molecule has 4 nitrogen and oxygen atoms in total. The predicted octanol–water partition coefficient (Wildman–Crippen LogP) is 3.52. The van der Waals surface area contributed by atoms with E-state index in [0.29, 0.717) is 19.3 Å². The summed E-state index contributed by atoms with van der Waals surface area (Å²) >= 11 is 0. The van der Waals surface area contributed by atoms with Crippen molar-refractivity contribution in [1.82, 2.24) is 0 Å². The molecule has 0 spiro atoms. The molecular formula is C16H31NO3. The van der Waals surface area contributed by atoms with Gasteiger partial charge in [0.2, 0.25) is 0 Å². The number of hydrogen-bond acceptors (Lipinski definition) is 3. The van der Waals surface area contributed by atoms with Crippen molar-refractivity contribution in [2.75, 3.05) is 0 Å². The Morgan fingerprint density at radius 1 is 1.00 bits per heavy atom. The summed E-state index contributed by atoms with van der Waals surface area (Å²) in [6.07, 6.45) is 10.1. The van der Waals surface area contributed by atoms with Gasteiger partial charge in [-0.15, -0.1) is 0 Å². The van der Waals surface area contributed by atoms with Crippen molar-refractivity contribution in [2.24, 2.45) is 11.7 Å². The van der Waals surface area contributed by atoms with Crippen LogP contribution in [-0.2, 0) is 9.59 Å². The van der Waals surface area contributed by atoms with Crippen LogP contribution in [0, 0.1) is 5.92 Å². The maximum absolute atomic E-state index is 11.7. The van der Waals surface area contributed by atoms with E-state index in [-0.39, 0.29) is 11.7 Å². The molecule has 0 aliphatic heterocycles. The molecule has 0 heterocycles. The van der Waals surface area contributed by atoms with Crippen molar-refractivity contribution in [3.63, 3.8) is 0 Å². The normalized spacial score (nSPS) is 13.9. The monoisotopic (exact) mass is 285 g/mol. The minimum atomic E-state index is -0.989. The summed E-state index contributed by atoms with van der Waals surface area (Å²) in [5.41, 5.74) is 5.51. The first-order chi connectivity index (χ1) is 9.49. The van der Waals surface area contributed by atoms with Gasteiger partial charge in [0.1, 0.15) is 11.8 Å². The van der Waals surface area contributed by atoms with Crippen LogP contribution in [0.15, 0.2) is 0 Å². The first-order valence-corrected chi connectivity index (χ1v) is 7.99. The lowest BCUT2D eigenvalue weighted by atomic mass is 9.95. The van der Waals surface area contributed by atoms with Crippen LogP contribution >= 0.6 is 0 Å². The third-order valence-electron chi connectivity index (χ3n) is 3.84. The van der Waals surface area contributed by atoms with Crippen LogP contribution < -0.4 is 5.73 Å². The zero-order valence-corrected chi connectivity index (χ0v) is 13.1. The fourth-order valence-electron chi connectivity index (χ4n) is 2.22. The summed E-state index contributed by atoms with van der Waals surface area (Å²) in [6.45, 7) is 4.00. The molecule has 20 heavy (non-hydrogen) atoms. The molecular weight excluding hydrogens is 254 g/mol. The van der Waals surface area contributed by atoms with Gasteiger partial charge in [-0.05, 0) is 18.8 Å². The zero-order chi connectivity index (χ0) is 15.4. The van der Waals surface area contributed by atoms with Crippen LogP contribution in [0.2, 0.25) is 0 Å². The van der Waals surface area contributed by atoms with Crippen LogP contribution in [0.3, 0.4) is 0 Å². The molecule has 0 fully saturated rings. The first-order valence-electron chi connectivity index (χ1n) is 7.99. The average Bonchev–Trinajstić information content (AvgIpc) is 2.42. The highest BCUT2D eigenvalue weighted by molar-refractivity contribution is 5.78. The smallest absolute Gasteiger partial charge is 0.320 e. The number of unbranched alkanes of at least 4 members (excludes halogenated alkanes) is 6. The average molecular weight is 285 g/mol. The van der Waals surface area contributed by atoms with Crippen LogP contribution in [0.5, 0.6) is 0 Å². The van der Waals surface area contributed by atoms with Crippen LogP contribution in [-0.4, -0.2) is 22.9 Å². The van der Waals surface area contributed by atoms with Crippen molar-refractivity contribution in [2.45, 2.75) is 84.1 Å². The van der Waals surface area contributed by atoms with Crippen LogP contribution in [0.4, 0.5) is 0 Å². The van der Waals surface area contributed by atoms with Gasteiger partial charge in [-0.1, -0.05) is 52.4 Å². The summed E-state index contributed by atoms with van der Waals surface area (Å²) in [4.78, 5) is 22.4. The molecule has 0 aromatic carbocycles. The topological polar surface area (TPSA) is 80.4 Å². The first kappa shape index (κ1) is 19.1. The summed E-state index contributed by atoms with van der Waals surface area (Å²) in [5, 5.41) is 8.77. The molecule has 0 unspecified atom stereocenters. The van der Waals surface area contributed by atoms with E-state index in [1.54, 1.807) is 6.92 Å². The van der Waals surface area contributed by atoms with Crippen molar-refractivity contribution in [3.8, 4) is 0 Å². The van der Waals surface area contributed by atoms with Crippen molar-refractivity contribution < 1.29 is 14.7 Å². The van der Waals surface area contributed by atoms with E-state index in [9.17, 15) is 9.59 Å². The number of carboxylic acids is 1. The number of carbonyl (C=O) groups excluding carboxylic acids is 1. The Bertz CT molecular complexity index is 279. The largest absolute Gasteiger partial charge is 0.480 e. The Morgan fingerprint density at radius 2 is 1.55 bits per heavy atom. The maximum Gasteiger partial charge on any atom is 0.320 e. The molecule has 3 N–H and O–H groups in total. The summed E-state index contributed by atoms with van der Waals surface area (Å²) in [7, 11) is 0. The van der Waals surface area contributed by atoms with Crippen molar-refractivity contribution in [1.29, 1.82) is 0 Å². The van der Waals surface area contributed by atoms with Crippen molar-refractivity contribution >= 4 is 11.8 Å². The third-order valence-corrected chi connectivity index (χ3v) is 3.84. The third kappa shape index (κ3) is 9.96. The standard InChI is InChI=1S/C16H31NO3/c1-3-4-5-6-7-8-9-10-14(18)12-11-13(2)15(17)16(19)20/h13,15H,3-12,17H2,1-2H3,(H,19,20)/t13-,15-/m0/s1. The molecule has 0 radical (unpaired) electrons. The van der Waals surface area contributed by atoms with E-state index in [4.69, 9.17) is 10.8 Å². The van der Waals surface area contributed by atoms with Gasteiger partial charge in [0.05, 0.1) is 0 Å². The number of ketones is 1. The number of aliphatic carboxylic acids is 1. The van der Waals surface area contributed by atoms with E-state index in [0.717, 1.165) is 12.8 Å². The SMILES string of the molecule is CCCCCCCCCC(=O)CC[C@H](C)[C@H](N)C(=O)O. The van der Waals surface area contributed by atoms with E-state index in [1.807, 2.05) is 0 Å². The number of Topliss-reactive ketones (excluding diaryl/α,β-unsaturated/α-hetero) is 1. The van der Waals surface area contributed by atoms with Gasteiger partial charge in [-0.2, -0.15) is 0 Å². The molecule has 118 valence electrons. The number of rotatable bonds is 13. The molecule has 0 rings (SSSR count). The number of carboxylic acid groups (broad SMARTS) is 1. The van der Waals surface area contributed by atoms with E-state index >= 15 is 0 Å². The van der Waals surface area contributed by atoms with E-state index in [2.05, 4.69) is 6.92 Å². The van der Waals surface area contributed by atoms with E-state index in [1.165, 1.54) is 32.1 Å². The minimum Gasteiger partial charge on any atom is -0.480 e. The lowest BCUT2D eigenvalue weighted by Crippen LogP contribution is -2.36. The second-order valence-corrected chi connectivity index (χ2v) is 5.79. The van der Waals surface area contributed by atoms with Gasteiger partial charge in [0.15, 0.2) is 0 Å². The number of carbonyl (C=O) groups is 2. The lowest BCUT2D eigenvalue weighted by molar-refractivity contribution is -0.140. The Kier molecular flexibility index (Phi) is 11.4. The Morgan fingerprint density at radius 3 is 2.10 bits per heavy atom. The van der Waals surface area contributed by atoms with Crippen molar-refractivity contribution in [3.05, 3.63) is 0 Å². The highest BCUT2D eigenvalue weighted by Gasteiger charge is 2.20. The second-order valence-electron chi connectivity index (χ2n) is 5.79. The molecule has 2 atom stereocenters. The Hall–Kier alpha value is -0.900. The molecule has 0 aromatic rings. The molecule has 0 saturated carbocycles. The fraction of sp³-hybridized carbons (Fsp3) is 0.875. The fourth-order valence-corrected chi connectivity index (χ4v) is 2.22. The van der Waals surface area contributed by atoms with Gasteiger partial charge in [0, 0.05) is 12.8 Å². The highest BCUT2D eigenvalue weighted by Crippen LogP contribution is 2.13. The molecule has 0 aliphatic carbocycles. The Balaban J connectivity index is 3.52. The summed E-state index contributed by atoms with van der Waals surface area (Å²) < 4.78 is 0. The molecule has 0 aromatic heterocycles. The zero-order valence-electron chi connectivity index (χ0n) is 13.1. The molecule has 4 heteroatoms. The highest BCUT2D eigenvalue weighted by atomic mass is 16.4. The number of hydrogen-bond donors (Lipinski definition) is 2. The predicted molar refractivity (Wildman–Crippen MR) is 81.6 cm³/mol. The maximum atomic E-state index is 11.7. The Labute approximate surface area is 123 Å². The second kappa shape index (κ2) is 11.9. The van der Waals surface area contributed by atoms with Gasteiger partial charge in [0.25, 0.3) is 0 Å².